The van der Waals surface area contributed by atoms with E-state index in [1.54, 1.807) is 24.3 Å². The molecule has 0 fully saturated rings. The molecule has 0 heterocycles. The summed E-state index contributed by atoms with van der Waals surface area (Å²) < 4.78 is 0. The van der Waals surface area contributed by atoms with Crippen molar-refractivity contribution in [3.8, 4) is 11.5 Å². The second-order valence-electron chi connectivity index (χ2n) is 4.92. The van der Waals surface area contributed by atoms with Gasteiger partial charge in [-0.05, 0) is 41.8 Å². The highest BCUT2D eigenvalue weighted by Crippen LogP contribution is 2.15. The van der Waals surface area contributed by atoms with Crippen molar-refractivity contribution in [3.05, 3.63) is 59.7 Å². The molecule has 0 atom stereocenters. The van der Waals surface area contributed by atoms with Crippen molar-refractivity contribution in [1.82, 2.24) is 0 Å². The van der Waals surface area contributed by atoms with E-state index in [1.165, 1.54) is 12.8 Å². The summed E-state index contributed by atoms with van der Waals surface area (Å²) in [7, 11) is 0. The third-order valence-corrected chi connectivity index (χ3v) is 2.28. The van der Waals surface area contributed by atoms with Crippen LogP contribution in [-0.4, -0.2) is 10.2 Å². The molecule has 2 heteroatoms. The van der Waals surface area contributed by atoms with Gasteiger partial charge in [-0.3, -0.25) is 0 Å². The summed E-state index contributed by atoms with van der Waals surface area (Å²) in [6.45, 7) is 8.50. The van der Waals surface area contributed by atoms with Crippen molar-refractivity contribution in [1.29, 1.82) is 0 Å². The monoisotopic (exact) mass is 288 g/mol. The number of phenols is 2. The fourth-order valence-electron chi connectivity index (χ4n) is 1.46. The van der Waals surface area contributed by atoms with Crippen LogP contribution in [0, 0.1) is 0 Å². The van der Waals surface area contributed by atoms with E-state index >= 15 is 0 Å². The van der Waals surface area contributed by atoms with Crippen LogP contribution in [0.4, 0.5) is 0 Å². The summed E-state index contributed by atoms with van der Waals surface area (Å²) >= 11 is 0. The summed E-state index contributed by atoms with van der Waals surface area (Å²) in [6.07, 6.45) is 3.31. The molecule has 21 heavy (non-hydrogen) atoms. The van der Waals surface area contributed by atoms with Crippen LogP contribution in [0.25, 0.3) is 0 Å². The minimum atomic E-state index is 0.282. The quantitative estimate of drug-likeness (QED) is 0.763. The molecule has 0 saturated carbocycles. The van der Waals surface area contributed by atoms with Crippen molar-refractivity contribution in [2.45, 2.75) is 47.0 Å². The largest absolute Gasteiger partial charge is 0.508 e. The zero-order chi connectivity index (χ0) is 16.1. The Labute approximate surface area is 129 Å². The third kappa shape index (κ3) is 9.55. The highest BCUT2D eigenvalue weighted by atomic mass is 16.3. The summed E-state index contributed by atoms with van der Waals surface area (Å²) in [4.78, 5) is 0. The van der Waals surface area contributed by atoms with Crippen molar-refractivity contribution < 1.29 is 10.2 Å². The van der Waals surface area contributed by atoms with Gasteiger partial charge in [-0.1, -0.05) is 64.8 Å². The number of hydrogen-bond donors (Lipinski definition) is 2. The van der Waals surface area contributed by atoms with Gasteiger partial charge in [0.15, 0.2) is 0 Å². The average molecular weight is 288 g/mol. The lowest BCUT2D eigenvalue weighted by Gasteiger charge is -2.02. The highest BCUT2D eigenvalue weighted by Gasteiger charge is 1.96. The van der Waals surface area contributed by atoms with E-state index in [9.17, 15) is 0 Å². The van der Waals surface area contributed by atoms with Crippen molar-refractivity contribution in [3.63, 3.8) is 0 Å². The van der Waals surface area contributed by atoms with Crippen LogP contribution in [0.2, 0.25) is 0 Å². The van der Waals surface area contributed by atoms with Gasteiger partial charge in [-0.25, -0.2) is 0 Å². The van der Waals surface area contributed by atoms with Crippen molar-refractivity contribution >= 4 is 0 Å². The van der Waals surface area contributed by atoms with Gasteiger partial charge in [-0.15, -0.1) is 0 Å². The fraction of sp³-hybridized carbons (Fsp3) is 0.368. The van der Waals surface area contributed by atoms with Gasteiger partial charge in [0.05, 0.1) is 0 Å². The second-order valence-corrected chi connectivity index (χ2v) is 4.92. The minimum absolute atomic E-state index is 0.282. The first kappa shape index (κ1) is 19.0. The van der Waals surface area contributed by atoms with Crippen molar-refractivity contribution in [2.75, 3.05) is 0 Å². The fourth-order valence-corrected chi connectivity index (χ4v) is 1.46. The SMILES string of the molecule is CCC.CCC.Oc1ccc(Cc2ccc(O)cc2)cc1. The zero-order valence-electron chi connectivity index (χ0n) is 13.6. The summed E-state index contributed by atoms with van der Waals surface area (Å²) in [5.41, 5.74) is 2.27. The second kappa shape index (κ2) is 11.8. The molecule has 2 aromatic carbocycles. The maximum absolute atomic E-state index is 9.13. The highest BCUT2D eigenvalue weighted by molar-refractivity contribution is 5.32. The van der Waals surface area contributed by atoms with E-state index in [4.69, 9.17) is 10.2 Å². The Balaban J connectivity index is 0.000000578. The van der Waals surface area contributed by atoms with Crippen LogP contribution < -0.4 is 0 Å². The average Bonchev–Trinajstić information content (AvgIpc) is 2.46. The Bertz CT molecular complexity index is 412. The molecular formula is C19H28O2. The van der Waals surface area contributed by atoms with Crippen LogP contribution in [0.5, 0.6) is 11.5 Å². The molecule has 0 aliphatic rings. The topological polar surface area (TPSA) is 40.5 Å². The first-order valence-corrected chi connectivity index (χ1v) is 7.63. The number of benzene rings is 2. The molecule has 2 rings (SSSR count). The number of phenolic OH excluding ortho intramolecular Hbond substituents is 2. The summed E-state index contributed by atoms with van der Waals surface area (Å²) in [6, 6.07) is 14.3. The molecule has 0 amide bonds. The van der Waals surface area contributed by atoms with E-state index in [1.807, 2.05) is 24.3 Å². The molecule has 0 aromatic heterocycles. The maximum Gasteiger partial charge on any atom is 0.115 e. The predicted molar refractivity (Wildman–Crippen MR) is 90.9 cm³/mol. The molecule has 0 bridgehead atoms. The van der Waals surface area contributed by atoms with Gasteiger partial charge in [0, 0.05) is 0 Å². The van der Waals surface area contributed by atoms with Crippen LogP contribution in [0.15, 0.2) is 48.5 Å². The van der Waals surface area contributed by atoms with Gasteiger partial charge < -0.3 is 10.2 Å². The van der Waals surface area contributed by atoms with Crippen LogP contribution in [-0.2, 0) is 6.42 Å². The van der Waals surface area contributed by atoms with E-state index in [-0.39, 0.29) is 11.5 Å². The Kier molecular flexibility index (Phi) is 10.7. The molecule has 0 radical (unpaired) electrons. The zero-order valence-corrected chi connectivity index (χ0v) is 13.6. The first-order valence-electron chi connectivity index (χ1n) is 7.63. The normalized spacial score (nSPS) is 8.95. The van der Waals surface area contributed by atoms with E-state index < -0.39 is 0 Å². The standard InChI is InChI=1S/C13H12O2.2C3H8/c14-12-5-1-10(2-6-12)9-11-3-7-13(15)8-4-11;2*1-3-2/h1-8,14-15H,9H2;2*3H2,1-2H3. The first-order chi connectivity index (χ1) is 10.1. The molecule has 0 spiro atoms. The molecule has 2 N–H and O–H groups in total. The Morgan fingerprint density at radius 1 is 0.571 bits per heavy atom. The summed E-state index contributed by atoms with van der Waals surface area (Å²) in [5, 5.41) is 18.3. The molecule has 0 saturated heterocycles. The lowest BCUT2D eigenvalue weighted by atomic mass is 10.1. The third-order valence-electron chi connectivity index (χ3n) is 2.28. The maximum atomic E-state index is 9.13. The van der Waals surface area contributed by atoms with Gasteiger partial charge >= 0.3 is 0 Å². The number of hydrogen-bond acceptors (Lipinski definition) is 2. The Hall–Kier alpha value is -1.96. The van der Waals surface area contributed by atoms with E-state index in [0.29, 0.717) is 0 Å². The number of aromatic hydroxyl groups is 2. The predicted octanol–water partition coefficient (Wildman–Crippen LogP) is 5.52. The Morgan fingerprint density at radius 3 is 1.05 bits per heavy atom. The minimum Gasteiger partial charge on any atom is -0.508 e. The Morgan fingerprint density at radius 2 is 0.810 bits per heavy atom. The molecule has 116 valence electrons. The van der Waals surface area contributed by atoms with Gasteiger partial charge in [0.2, 0.25) is 0 Å². The molecule has 0 aliphatic carbocycles. The lowest BCUT2D eigenvalue weighted by Crippen LogP contribution is -1.86. The lowest BCUT2D eigenvalue weighted by molar-refractivity contribution is 0.475. The molecule has 2 aromatic rings. The van der Waals surface area contributed by atoms with E-state index in [2.05, 4.69) is 27.7 Å². The van der Waals surface area contributed by atoms with Crippen molar-refractivity contribution in [2.24, 2.45) is 0 Å². The number of rotatable bonds is 2. The van der Waals surface area contributed by atoms with E-state index in [0.717, 1.165) is 17.5 Å². The molecular weight excluding hydrogens is 260 g/mol. The van der Waals surface area contributed by atoms with Gasteiger partial charge in [0.25, 0.3) is 0 Å². The van der Waals surface area contributed by atoms with Crippen LogP contribution in [0.3, 0.4) is 0 Å². The van der Waals surface area contributed by atoms with Crippen LogP contribution in [0.1, 0.15) is 51.7 Å². The van der Waals surface area contributed by atoms with Gasteiger partial charge in [-0.2, -0.15) is 0 Å². The van der Waals surface area contributed by atoms with Gasteiger partial charge in [0.1, 0.15) is 11.5 Å². The smallest absolute Gasteiger partial charge is 0.115 e. The molecule has 2 nitrogen and oxygen atoms in total. The molecule has 0 aliphatic heterocycles. The van der Waals surface area contributed by atoms with Crippen LogP contribution >= 0.6 is 0 Å². The molecule has 0 unspecified atom stereocenters. The summed E-state index contributed by atoms with van der Waals surface area (Å²) in [5.74, 6) is 0.564.